The van der Waals surface area contributed by atoms with Gasteiger partial charge in [0.05, 0.1) is 5.92 Å². The first-order valence-corrected chi connectivity index (χ1v) is 7.19. The average molecular weight is 288 g/mol. The van der Waals surface area contributed by atoms with Crippen molar-refractivity contribution >= 4 is 11.9 Å². The Hall–Kier alpha value is -2.18. The van der Waals surface area contributed by atoms with E-state index in [0.29, 0.717) is 11.8 Å². The van der Waals surface area contributed by atoms with E-state index in [-0.39, 0.29) is 5.92 Å². The van der Waals surface area contributed by atoms with Gasteiger partial charge in [0.2, 0.25) is 11.8 Å². The molecule has 0 radical (unpaired) electrons. The summed E-state index contributed by atoms with van der Waals surface area (Å²) in [7, 11) is 3.81. The zero-order chi connectivity index (χ0) is 14.8. The first kappa shape index (κ1) is 13.8. The van der Waals surface area contributed by atoms with Crippen LogP contribution < -0.4 is 9.80 Å². The number of piperidine rings is 1. The summed E-state index contributed by atoms with van der Waals surface area (Å²) in [6, 6.07) is 1.91. The molecule has 0 bridgehead atoms. The van der Waals surface area contributed by atoms with E-state index in [1.165, 1.54) is 0 Å². The predicted octanol–water partition coefficient (Wildman–Crippen LogP) is 1.62. The molecule has 3 rings (SSSR count). The molecule has 1 saturated heterocycles. The van der Waals surface area contributed by atoms with Gasteiger partial charge in [0.15, 0.2) is 0 Å². The van der Waals surface area contributed by atoms with Crippen molar-refractivity contribution in [2.75, 3.05) is 37.0 Å². The molecule has 7 nitrogen and oxygen atoms in total. The predicted molar refractivity (Wildman–Crippen MR) is 79.6 cm³/mol. The number of aromatic nitrogens is 4. The SMILES string of the molecule is Cc1ccnc(N2CCCC(c3nc(N(C)C)no3)C2)n1. The average Bonchev–Trinajstić information content (AvgIpc) is 2.97. The number of aryl methyl sites for hydroxylation is 1. The molecule has 0 amide bonds. The number of nitrogens with zero attached hydrogens (tertiary/aromatic N) is 6. The molecule has 1 aliphatic heterocycles. The van der Waals surface area contributed by atoms with Crippen molar-refractivity contribution in [2.24, 2.45) is 0 Å². The van der Waals surface area contributed by atoms with E-state index in [0.717, 1.165) is 37.6 Å². The van der Waals surface area contributed by atoms with Gasteiger partial charge in [0.1, 0.15) is 0 Å². The fourth-order valence-corrected chi connectivity index (χ4v) is 2.52. The van der Waals surface area contributed by atoms with Gasteiger partial charge in [-0.1, -0.05) is 0 Å². The van der Waals surface area contributed by atoms with Gasteiger partial charge in [-0.2, -0.15) is 4.98 Å². The second-order valence-corrected chi connectivity index (χ2v) is 5.61. The smallest absolute Gasteiger partial charge is 0.265 e. The van der Waals surface area contributed by atoms with Crippen molar-refractivity contribution in [3.63, 3.8) is 0 Å². The minimum absolute atomic E-state index is 0.240. The maximum atomic E-state index is 5.40. The third-order valence-electron chi connectivity index (χ3n) is 3.67. The number of anilines is 2. The van der Waals surface area contributed by atoms with E-state index in [1.807, 2.05) is 32.0 Å². The Labute approximate surface area is 124 Å². The third kappa shape index (κ3) is 2.96. The first-order chi connectivity index (χ1) is 10.1. The summed E-state index contributed by atoms with van der Waals surface area (Å²) < 4.78 is 5.40. The van der Waals surface area contributed by atoms with E-state index >= 15 is 0 Å². The van der Waals surface area contributed by atoms with Crippen molar-refractivity contribution in [2.45, 2.75) is 25.7 Å². The molecule has 1 unspecified atom stereocenters. The largest absolute Gasteiger partial charge is 0.344 e. The van der Waals surface area contributed by atoms with Gasteiger partial charge >= 0.3 is 0 Å². The summed E-state index contributed by atoms with van der Waals surface area (Å²) >= 11 is 0. The molecule has 21 heavy (non-hydrogen) atoms. The van der Waals surface area contributed by atoms with Gasteiger partial charge < -0.3 is 14.3 Å². The van der Waals surface area contributed by atoms with Gasteiger partial charge in [0, 0.05) is 39.1 Å². The lowest BCUT2D eigenvalue weighted by atomic mass is 9.98. The zero-order valence-electron chi connectivity index (χ0n) is 12.7. The van der Waals surface area contributed by atoms with Crippen LogP contribution in [0.1, 0.15) is 30.3 Å². The molecule has 0 saturated carbocycles. The molecule has 0 N–H and O–H groups in total. The van der Waals surface area contributed by atoms with Gasteiger partial charge in [-0.25, -0.2) is 9.97 Å². The van der Waals surface area contributed by atoms with Crippen molar-refractivity contribution in [3.05, 3.63) is 23.8 Å². The fourth-order valence-electron chi connectivity index (χ4n) is 2.52. The van der Waals surface area contributed by atoms with Crippen LogP contribution in [0.25, 0.3) is 0 Å². The number of hydrogen-bond donors (Lipinski definition) is 0. The summed E-state index contributed by atoms with van der Waals surface area (Å²) in [5.74, 6) is 2.35. The highest BCUT2D eigenvalue weighted by Gasteiger charge is 2.27. The van der Waals surface area contributed by atoms with Gasteiger partial charge in [-0.15, -0.1) is 0 Å². The maximum absolute atomic E-state index is 5.40. The topological polar surface area (TPSA) is 71.2 Å². The Morgan fingerprint density at radius 3 is 2.90 bits per heavy atom. The summed E-state index contributed by atoms with van der Waals surface area (Å²) in [6.07, 6.45) is 3.93. The van der Waals surface area contributed by atoms with E-state index < -0.39 is 0 Å². The van der Waals surface area contributed by atoms with Gasteiger partial charge in [0.25, 0.3) is 5.95 Å². The van der Waals surface area contributed by atoms with Gasteiger partial charge in [-0.3, -0.25) is 0 Å². The van der Waals surface area contributed by atoms with E-state index in [4.69, 9.17) is 4.52 Å². The molecule has 0 aromatic carbocycles. The van der Waals surface area contributed by atoms with E-state index in [1.54, 1.807) is 6.20 Å². The second kappa shape index (κ2) is 5.67. The molecule has 112 valence electrons. The molecule has 2 aromatic heterocycles. The highest BCUT2D eigenvalue weighted by atomic mass is 16.5. The first-order valence-electron chi connectivity index (χ1n) is 7.19. The van der Waals surface area contributed by atoms with Crippen LogP contribution in [0.5, 0.6) is 0 Å². The summed E-state index contributed by atoms with van der Waals surface area (Å²) in [5, 5.41) is 3.99. The molecule has 1 atom stereocenters. The molecule has 1 fully saturated rings. The molecule has 0 aliphatic carbocycles. The van der Waals surface area contributed by atoms with Crippen molar-refractivity contribution in [1.29, 1.82) is 0 Å². The second-order valence-electron chi connectivity index (χ2n) is 5.61. The Balaban J connectivity index is 1.76. The van der Waals surface area contributed by atoms with Crippen molar-refractivity contribution in [1.82, 2.24) is 20.1 Å². The van der Waals surface area contributed by atoms with Crippen molar-refractivity contribution in [3.8, 4) is 0 Å². The van der Waals surface area contributed by atoms with Crippen LogP contribution in [-0.2, 0) is 0 Å². The Kier molecular flexibility index (Phi) is 3.72. The highest BCUT2D eigenvalue weighted by Crippen LogP contribution is 2.28. The lowest BCUT2D eigenvalue weighted by molar-refractivity contribution is 0.332. The van der Waals surface area contributed by atoms with Crippen LogP contribution in [0.2, 0.25) is 0 Å². The minimum atomic E-state index is 0.240. The molecule has 3 heterocycles. The monoisotopic (exact) mass is 288 g/mol. The van der Waals surface area contributed by atoms with Crippen LogP contribution in [-0.4, -0.2) is 47.3 Å². The molecular weight excluding hydrogens is 268 g/mol. The Morgan fingerprint density at radius 2 is 2.19 bits per heavy atom. The number of rotatable bonds is 3. The summed E-state index contributed by atoms with van der Waals surface area (Å²) in [5.41, 5.74) is 0.981. The minimum Gasteiger partial charge on any atom is -0.344 e. The van der Waals surface area contributed by atoms with Gasteiger partial charge in [-0.05, 0) is 31.0 Å². The quantitative estimate of drug-likeness (QED) is 0.849. The van der Waals surface area contributed by atoms with E-state index in [9.17, 15) is 0 Å². The van der Waals surface area contributed by atoms with Crippen LogP contribution >= 0.6 is 0 Å². The number of hydrogen-bond acceptors (Lipinski definition) is 7. The maximum Gasteiger partial charge on any atom is 0.265 e. The molecular formula is C14H20N6O. The summed E-state index contributed by atoms with van der Waals surface area (Å²) in [6.45, 7) is 3.76. The zero-order valence-corrected chi connectivity index (χ0v) is 12.7. The standard InChI is InChI=1S/C14H20N6O/c1-10-6-7-15-13(16-10)20-8-4-5-11(9-20)12-17-14(18-21-12)19(2)3/h6-7,11H,4-5,8-9H2,1-3H3. The van der Waals surface area contributed by atoms with Crippen LogP contribution in [0.4, 0.5) is 11.9 Å². The van der Waals surface area contributed by atoms with Crippen LogP contribution in [0, 0.1) is 6.92 Å². The van der Waals surface area contributed by atoms with Crippen molar-refractivity contribution < 1.29 is 4.52 Å². The lowest BCUT2D eigenvalue weighted by Gasteiger charge is -2.30. The van der Waals surface area contributed by atoms with Crippen LogP contribution in [0.3, 0.4) is 0 Å². The molecule has 7 heteroatoms. The molecule has 1 aliphatic rings. The highest BCUT2D eigenvalue weighted by molar-refractivity contribution is 5.32. The Morgan fingerprint density at radius 1 is 1.33 bits per heavy atom. The summed E-state index contributed by atoms with van der Waals surface area (Å²) in [4.78, 5) is 17.4. The molecule has 0 spiro atoms. The normalized spacial score (nSPS) is 18.8. The Bertz CT molecular complexity index is 611. The third-order valence-corrected chi connectivity index (χ3v) is 3.67. The van der Waals surface area contributed by atoms with E-state index in [2.05, 4.69) is 25.0 Å². The lowest BCUT2D eigenvalue weighted by Crippen LogP contribution is -2.35. The molecule has 2 aromatic rings. The fraction of sp³-hybridized carbons (Fsp3) is 0.571. The van der Waals surface area contributed by atoms with Crippen LogP contribution in [0.15, 0.2) is 16.8 Å².